The van der Waals surface area contributed by atoms with Gasteiger partial charge >= 0.3 is 0 Å². The number of thiophene rings is 1. The Bertz CT molecular complexity index is 1060. The lowest BCUT2D eigenvalue weighted by molar-refractivity contribution is 0.315. The van der Waals surface area contributed by atoms with Crippen molar-refractivity contribution >= 4 is 21.6 Å². The fourth-order valence-corrected chi connectivity index (χ4v) is 6.16. The quantitative estimate of drug-likeness (QED) is 0.686. The number of nitrogens with one attached hydrogen (secondary N) is 1. The molecule has 0 bridgehead atoms. The second-order valence-corrected chi connectivity index (χ2v) is 9.73. The third kappa shape index (κ3) is 3.90. The minimum absolute atomic E-state index is 0.168. The Morgan fingerprint density at radius 2 is 2.14 bits per heavy atom. The summed E-state index contributed by atoms with van der Waals surface area (Å²) in [5, 5.41) is 8.41. The van der Waals surface area contributed by atoms with Crippen LogP contribution in [0.1, 0.15) is 60.4 Å². The van der Waals surface area contributed by atoms with E-state index in [2.05, 4.69) is 15.5 Å². The van der Waals surface area contributed by atoms with Gasteiger partial charge in [0.05, 0.1) is 24.0 Å². The zero-order chi connectivity index (χ0) is 19.8. The molecule has 0 spiro atoms. The van der Waals surface area contributed by atoms with Gasteiger partial charge < -0.3 is 9.84 Å². The largest absolute Gasteiger partial charge is 0.360 e. The smallest absolute Gasteiger partial charge is 0.262 e. The van der Waals surface area contributed by atoms with Gasteiger partial charge in [0.25, 0.3) is 5.56 Å². The van der Waals surface area contributed by atoms with Crippen LogP contribution in [0, 0.1) is 12.8 Å². The van der Waals surface area contributed by atoms with Crippen LogP contribution in [-0.2, 0) is 25.9 Å². The molecule has 0 saturated heterocycles. The summed E-state index contributed by atoms with van der Waals surface area (Å²) in [6.45, 7) is 3.45. The molecule has 0 radical (unpaired) electrons. The molecule has 0 aromatic carbocycles. The summed E-state index contributed by atoms with van der Waals surface area (Å²) in [6.07, 6.45) is 11.1. The van der Waals surface area contributed by atoms with Crippen LogP contribution in [0.2, 0.25) is 0 Å². The topological polar surface area (TPSA) is 73.0 Å². The van der Waals surface area contributed by atoms with E-state index in [9.17, 15) is 4.79 Å². The molecule has 2 aliphatic rings. The van der Waals surface area contributed by atoms with Crippen LogP contribution < -0.4 is 10.9 Å². The van der Waals surface area contributed by atoms with Crippen molar-refractivity contribution in [3.05, 3.63) is 44.6 Å². The SMILES string of the molecule is Cc1cc(CNC2CCc3c(sc4ncn(CC5CCCCC5)c(=O)c34)C2)on1. The van der Waals surface area contributed by atoms with Crippen LogP contribution in [0.15, 0.2) is 21.7 Å². The molecule has 5 rings (SSSR count). The van der Waals surface area contributed by atoms with Crippen molar-refractivity contribution < 1.29 is 4.52 Å². The van der Waals surface area contributed by atoms with E-state index >= 15 is 0 Å². The monoisotopic (exact) mass is 412 g/mol. The summed E-state index contributed by atoms with van der Waals surface area (Å²) in [5.41, 5.74) is 2.32. The fraction of sp³-hybridized carbons (Fsp3) is 0.591. The normalized spacial score (nSPS) is 20.2. The molecule has 154 valence electrons. The Kier molecular flexibility index (Phi) is 5.26. The first kappa shape index (κ1) is 19.0. The molecule has 1 unspecified atom stereocenters. The van der Waals surface area contributed by atoms with Crippen molar-refractivity contribution in [2.24, 2.45) is 5.92 Å². The average molecular weight is 413 g/mol. The van der Waals surface area contributed by atoms with E-state index in [-0.39, 0.29) is 5.56 Å². The standard InChI is InChI=1S/C22H28N4O2S/c1-14-9-17(28-25-14)11-23-16-7-8-18-19(10-16)29-21-20(18)22(27)26(13-24-21)12-15-5-3-2-4-6-15/h9,13,15-16,23H,2-8,10-12H2,1H3. The number of nitrogens with zero attached hydrogens (tertiary/aromatic N) is 3. The van der Waals surface area contributed by atoms with Gasteiger partial charge in [0.1, 0.15) is 4.83 Å². The lowest BCUT2D eigenvalue weighted by Crippen LogP contribution is -2.33. The summed E-state index contributed by atoms with van der Waals surface area (Å²) in [4.78, 5) is 20.1. The number of aromatic nitrogens is 3. The average Bonchev–Trinajstić information content (AvgIpc) is 3.32. The molecular weight excluding hydrogens is 384 g/mol. The summed E-state index contributed by atoms with van der Waals surface area (Å²) >= 11 is 1.70. The van der Waals surface area contributed by atoms with E-state index in [0.717, 1.165) is 47.5 Å². The molecular formula is C22H28N4O2S. The maximum absolute atomic E-state index is 13.2. The Morgan fingerprint density at radius 1 is 1.28 bits per heavy atom. The first-order chi connectivity index (χ1) is 14.2. The highest BCUT2D eigenvalue weighted by molar-refractivity contribution is 7.18. The predicted octanol–water partition coefficient (Wildman–Crippen LogP) is 3.98. The summed E-state index contributed by atoms with van der Waals surface area (Å²) in [7, 11) is 0. The Hall–Kier alpha value is -1.99. The third-order valence-electron chi connectivity index (χ3n) is 6.46. The van der Waals surface area contributed by atoms with E-state index in [1.165, 1.54) is 42.5 Å². The number of aryl methyl sites for hydroxylation is 2. The molecule has 3 heterocycles. The van der Waals surface area contributed by atoms with Gasteiger partial charge in [-0.3, -0.25) is 9.36 Å². The highest BCUT2D eigenvalue weighted by Gasteiger charge is 2.26. The van der Waals surface area contributed by atoms with Crippen molar-refractivity contribution in [3.63, 3.8) is 0 Å². The van der Waals surface area contributed by atoms with Crippen LogP contribution in [0.5, 0.6) is 0 Å². The molecule has 2 aliphatic carbocycles. The van der Waals surface area contributed by atoms with Gasteiger partial charge in [-0.2, -0.15) is 0 Å². The lowest BCUT2D eigenvalue weighted by atomic mass is 9.89. The van der Waals surface area contributed by atoms with E-state index in [4.69, 9.17) is 4.52 Å². The van der Waals surface area contributed by atoms with Gasteiger partial charge in [-0.05, 0) is 50.5 Å². The van der Waals surface area contributed by atoms with E-state index in [1.54, 1.807) is 17.7 Å². The zero-order valence-corrected chi connectivity index (χ0v) is 17.8. The van der Waals surface area contributed by atoms with Crippen LogP contribution in [0.25, 0.3) is 10.2 Å². The lowest BCUT2D eigenvalue weighted by Gasteiger charge is -2.23. The number of rotatable bonds is 5. The van der Waals surface area contributed by atoms with Crippen molar-refractivity contribution in [1.29, 1.82) is 0 Å². The first-order valence-electron chi connectivity index (χ1n) is 10.8. The molecule has 29 heavy (non-hydrogen) atoms. The first-order valence-corrected chi connectivity index (χ1v) is 11.6. The highest BCUT2D eigenvalue weighted by atomic mass is 32.1. The molecule has 3 aromatic heterocycles. The summed E-state index contributed by atoms with van der Waals surface area (Å²) in [5.74, 6) is 1.50. The maximum atomic E-state index is 13.2. The fourth-order valence-electron chi connectivity index (χ4n) is 4.90. The summed E-state index contributed by atoms with van der Waals surface area (Å²) in [6, 6.07) is 2.37. The van der Waals surface area contributed by atoms with Crippen LogP contribution in [-0.4, -0.2) is 20.7 Å². The molecule has 3 aromatic rings. The van der Waals surface area contributed by atoms with Gasteiger partial charge in [-0.25, -0.2) is 4.98 Å². The Balaban J connectivity index is 1.33. The number of fused-ring (bicyclic) bond motifs is 3. The molecule has 1 fully saturated rings. The second kappa shape index (κ2) is 8.03. The van der Waals surface area contributed by atoms with Gasteiger partial charge in [0, 0.05) is 23.5 Å². The predicted molar refractivity (Wildman–Crippen MR) is 114 cm³/mol. The van der Waals surface area contributed by atoms with Gasteiger partial charge in [0.2, 0.25) is 0 Å². The minimum atomic E-state index is 0.168. The number of hydrogen-bond donors (Lipinski definition) is 1. The zero-order valence-electron chi connectivity index (χ0n) is 16.9. The number of hydrogen-bond acceptors (Lipinski definition) is 6. The highest BCUT2D eigenvalue weighted by Crippen LogP contribution is 2.34. The van der Waals surface area contributed by atoms with Crippen molar-refractivity contribution in [2.75, 3.05) is 0 Å². The molecule has 1 saturated carbocycles. The Labute approximate surface area is 174 Å². The van der Waals surface area contributed by atoms with E-state index < -0.39 is 0 Å². The van der Waals surface area contributed by atoms with Crippen molar-refractivity contribution in [1.82, 2.24) is 20.0 Å². The molecule has 6 nitrogen and oxygen atoms in total. The molecule has 1 atom stereocenters. The Morgan fingerprint density at radius 3 is 2.93 bits per heavy atom. The van der Waals surface area contributed by atoms with Crippen molar-refractivity contribution in [3.8, 4) is 0 Å². The van der Waals surface area contributed by atoms with Gasteiger partial charge in [0.15, 0.2) is 5.76 Å². The van der Waals surface area contributed by atoms with Gasteiger partial charge in [-0.1, -0.05) is 24.4 Å². The minimum Gasteiger partial charge on any atom is -0.360 e. The van der Waals surface area contributed by atoms with E-state index in [0.29, 0.717) is 18.5 Å². The van der Waals surface area contributed by atoms with Crippen molar-refractivity contribution in [2.45, 2.75) is 77.4 Å². The third-order valence-corrected chi connectivity index (χ3v) is 7.62. The maximum Gasteiger partial charge on any atom is 0.262 e. The molecule has 0 aliphatic heterocycles. The molecule has 7 heteroatoms. The second-order valence-electron chi connectivity index (χ2n) is 8.65. The van der Waals surface area contributed by atoms with Crippen LogP contribution in [0.3, 0.4) is 0 Å². The molecule has 1 N–H and O–H groups in total. The van der Waals surface area contributed by atoms with Crippen LogP contribution >= 0.6 is 11.3 Å². The molecule has 0 amide bonds. The van der Waals surface area contributed by atoms with Crippen LogP contribution in [0.4, 0.5) is 0 Å². The summed E-state index contributed by atoms with van der Waals surface area (Å²) < 4.78 is 7.18. The van der Waals surface area contributed by atoms with Gasteiger partial charge in [-0.15, -0.1) is 11.3 Å². The van der Waals surface area contributed by atoms with E-state index in [1.807, 2.05) is 17.6 Å².